The predicted octanol–water partition coefficient (Wildman–Crippen LogP) is 2.32. The summed E-state index contributed by atoms with van der Waals surface area (Å²) in [4.78, 5) is 0. The Morgan fingerprint density at radius 3 is 2.67 bits per heavy atom. The quantitative estimate of drug-likeness (QED) is 0.783. The summed E-state index contributed by atoms with van der Waals surface area (Å²) in [6.07, 6.45) is 0.101. The van der Waals surface area contributed by atoms with Gasteiger partial charge in [-0.3, -0.25) is 0 Å². The van der Waals surface area contributed by atoms with Crippen molar-refractivity contribution in [3.8, 4) is 11.5 Å². The molecule has 5 nitrogen and oxygen atoms in total. The molecule has 2 rings (SSSR count). The molecule has 0 aromatic heterocycles. The van der Waals surface area contributed by atoms with Crippen LogP contribution in [0, 0.1) is 0 Å². The molecule has 1 N–H and O–H groups in total. The average Bonchev–Trinajstić information content (AvgIpc) is 2.51. The molecule has 0 bridgehead atoms. The average molecular weight is 296 g/mol. The number of fused-ring (bicyclic) bond motifs is 1. The Labute approximate surface area is 125 Å². The Morgan fingerprint density at radius 2 is 1.95 bits per heavy atom. The minimum absolute atomic E-state index is 0.206. The van der Waals surface area contributed by atoms with Gasteiger partial charge in [0.2, 0.25) is 0 Å². The monoisotopic (exact) mass is 296 g/mol. The van der Waals surface area contributed by atoms with Crippen LogP contribution in [0.5, 0.6) is 11.5 Å². The molecule has 0 saturated heterocycles. The zero-order valence-electron chi connectivity index (χ0n) is 12.9. The second-order valence-corrected chi connectivity index (χ2v) is 5.71. The summed E-state index contributed by atoms with van der Waals surface area (Å²) in [5.74, 6) is 1.40. The molecule has 1 aliphatic rings. The fourth-order valence-corrected chi connectivity index (χ4v) is 1.98. The van der Waals surface area contributed by atoms with Crippen LogP contribution in [-0.2, 0) is 9.47 Å². The van der Waals surface area contributed by atoms with Crippen molar-refractivity contribution in [1.29, 1.82) is 0 Å². The molecule has 21 heavy (non-hydrogen) atoms. The van der Waals surface area contributed by atoms with Gasteiger partial charge in [-0.25, -0.2) is 0 Å². The maximum Gasteiger partial charge on any atom is 0.161 e. The van der Waals surface area contributed by atoms with E-state index < -0.39 is 6.10 Å². The van der Waals surface area contributed by atoms with Gasteiger partial charge in [0.25, 0.3) is 0 Å². The number of ether oxygens (including phenoxy) is 4. The number of aliphatic hydroxyl groups is 1. The van der Waals surface area contributed by atoms with Crippen molar-refractivity contribution in [3.63, 3.8) is 0 Å². The third-order valence-electron chi connectivity index (χ3n) is 3.63. The molecule has 0 fully saturated rings. The van der Waals surface area contributed by atoms with Gasteiger partial charge >= 0.3 is 0 Å². The van der Waals surface area contributed by atoms with Crippen molar-refractivity contribution in [2.75, 3.05) is 33.5 Å². The van der Waals surface area contributed by atoms with Gasteiger partial charge in [-0.05, 0) is 38.0 Å². The second-order valence-electron chi connectivity index (χ2n) is 5.71. The molecule has 0 amide bonds. The van der Waals surface area contributed by atoms with Gasteiger partial charge in [-0.2, -0.15) is 0 Å². The molecule has 118 valence electrons. The van der Waals surface area contributed by atoms with E-state index in [1.165, 1.54) is 0 Å². The van der Waals surface area contributed by atoms with Gasteiger partial charge in [0, 0.05) is 13.7 Å². The van der Waals surface area contributed by atoms with Gasteiger partial charge in [0.05, 0.1) is 12.2 Å². The molecule has 1 aliphatic heterocycles. The Morgan fingerprint density at radius 1 is 1.24 bits per heavy atom. The molecule has 5 heteroatoms. The first-order valence-corrected chi connectivity index (χ1v) is 7.22. The summed E-state index contributed by atoms with van der Waals surface area (Å²) in [5, 5.41) is 10.2. The smallest absolute Gasteiger partial charge is 0.161 e. The van der Waals surface area contributed by atoms with E-state index in [1.807, 2.05) is 32.0 Å². The standard InChI is InChI=1S/C16H24O5/c1-16(2,18-3)6-7-19-11-13(17)12-4-5-14-15(10-12)21-9-8-20-14/h4-5,10,13,17H,6-9,11H2,1-3H3. The van der Waals surface area contributed by atoms with Crippen LogP contribution in [0.25, 0.3) is 0 Å². The van der Waals surface area contributed by atoms with Crippen molar-refractivity contribution in [2.45, 2.75) is 32.0 Å². The van der Waals surface area contributed by atoms with Gasteiger partial charge in [0.15, 0.2) is 11.5 Å². The fraction of sp³-hybridized carbons (Fsp3) is 0.625. The van der Waals surface area contributed by atoms with E-state index in [9.17, 15) is 5.11 Å². The molecular weight excluding hydrogens is 272 g/mol. The third-order valence-corrected chi connectivity index (χ3v) is 3.63. The van der Waals surface area contributed by atoms with Gasteiger partial charge in [-0.15, -0.1) is 0 Å². The minimum atomic E-state index is -0.675. The Balaban J connectivity index is 1.82. The lowest BCUT2D eigenvalue weighted by molar-refractivity contribution is -0.0249. The predicted molar refractivity (Wildman–Crippen MR) is 78.9 cm³/mol. The summed E-state index contributed by atoms with van der Waals surface area (Å²) in [6.45, 7) is 5.91. The summed E-state index contributed by atoms with van der Waals surface area (Å²) in [5.41, 5.74) is 0.562. The lowest BCUT2D eigenvalue weighted by Gasteiger charge is -2.23. The maximum atomic E-state index is 10.2. The van der Waals surface area contributed by atoms with Crippen LogP contribution in [0.1, 0.15) is 31.9 Å². The lowest BCUT2D eigenvalue weighted by Crippen LogP contribution is -2.25. The first kappa shape index (κ1) is 16.1. The van der Waals surface area contributed by atoms with E-state index in [4.69, 9.17) is 18.9 Å². The zero-order valence-corrected chi connectivity index (χ0v) is 12.9. The van der Waals surface area contributed by atoms with Crippen LogP contribution >= 0.6 is 0 Å². The molecular formula is C16H24O5. The zero-order chi connectivity index (χ0) is 15.3. The van der Waals surface area contributed by atoms with E-state index in [1.54, 1.807) is 7.11 Å². The summed E-state index contributed by atoms with van der Waals surface area (Å²) in [7, 11) is 1.68. The molecule has 0 spiro atoms. The molecule has 1 heterocycles. The van der Waals surface area contributed by atoms with E-state index in [2.05, 4.69) is 0 Å². The molecule has 0 aliphatic carbocycles. The fourth-order valence-electron chi connectivity index (χ4n) is 1.98. The van der Waals surface area contributed by atoms with Crippen molar-refractivity contribution < 1.29 is 24.1 Å². The number of hydrogen-bond acceptors (Lipinski definition) is 5. The summed E-state index contributed by atoms with van der Waals surface area (Å²) < 4.78 is 21.8. The molecule has 1 unspecified atom stereocenters. The summed E-state index contributed by atoms with van der Waals surface area (Å²) in [6, 6.07) is 5.46. The van der Waals surface area contributed by atoms with Crippen LogP contribution in [-0.4, -0.2) is 44.2 Å². The van der Waals surface area contributed by atoms with E-state index in [0.29, 0.717) is 25.6 Å². The topological polar surface area (TPSA) is 57.2 Å². The van der Waals surface area contributed by atoms with Crippen molar-refractivity contribution >= 4 is 0 Å². The largest absolute Gasteiger partial charge is 0.486 e. The Bertz CT molecular complexity index is 458. The number of benzene rings is 1. The van der Waals surface area contributed by atoms with Crippen LogP contribution in [0.3, 0.4) is 0 Å². The number of hydrogen-bond donors (Lipinski definition) is 1. The highest BCUT2D eigenvalue weighted by atomic mass is 16.6. The minimum Gasteiger partial charge on any atom is -0.486 e. The highest BCUT2D eigenvalue weighted by Gasteiger charge is 2.18. The highest BCUT2D eigenvalue weighted by Crippen LogP contribution is 2.32. The summed E-state index contributed by atoms with van der Waals surface area (Å²) >= 11 is 0. The first-order valence-electron chi connectivity index (χ1n) is 7.22. The van der Waals surface area contributed by atoms with Gasteiger partial charge < -0.3 is 24.1 Å². The molecule has 1 atom stereocenters. The Hall–Kier alpha value is -1.30. The van der Waals surface area contributed by atoms with E-state index >= 15 is 0 Å². The first-order chi connectivity index (χ1) is 10.0. The molecule has 1 aromatic carbocycles. The lowest BCUT2D eigenvalue weighted by atomic mass is 10.1. The van der Waals surface area contributed by atoms with Crippen LogP contribution in [0.15, 0.2) is 18.2 Å². The second kappa shape index (κ2) is 7.11. The highest BCUT2D eigenvalue weighted by molar-refractivity contribution is 5.44. The maximum absolute atomic E-state index is 10.2. The number of aliphatic hydroxyl groups excluding tert-OH is 1. The van der Waals surface area contributed by atoms with E-state index in [0.717, 1.165) is 17.7 Å². The molecule has 1 aromatic rings. The van der Waals surface area contributed by atoms with Crippen molar-refractivity contribution in [2.24, 2.45) is 0 Å². The van der Waals surface area contributed by atoms with Crippen LogP contribution in [0.2, 0.25) is 0 Å². The molecule has 0 saturated carbocycles. The van der Waals surface area contributed by atoms with Crippen LogP contribution in [0.4, 0.5) is 0 Å². The SMILES string of the molecule is COC(C)(C)CCOCC(O)c1ccc2c(c1)OCCO2. The number of methoxy groups -OCH3 is 1. The van der Waals surface area contributed by atoms with E-state index in [-0.39, 0.29) is 12.2 Å². The van der Waals surface area contributed by atoms with Gasteiger partial charge in [0.1, 0.15) is 19.3 Å². The molecule has 0 radical (unpaired) electrons. The number of rotatable bonds is 7. The third kappa shape index (κ3) is 4.59. The van der Waals surface area contributed by atoms with Gasteiger partial charge in [-0.1, -0.05) is 6.07 Å². The van der Waals surface area contributed by atoms with Crippen LogP contribution < -0.4 is 9.47 Å². The Kier molecular flexibility index (Phi) is 5.45. The normalized spacial score (nSPS) is 15.8. The van der Waals surface area contributed by atoms with Crippen molar-refractivity contribution in [1.82, 2.24) is 0 Å². The van der Waals surface area contributed by atoms with Crippen molar-refractivity contribution in [3.05, 3.63) is 23.8 Å².